The zero-order chi connectivity index (χ0) is 24.2. The van der Waals surface area contributed by atoms with Crippen LogP contribution in [-0.4, -0.2) is 68.6 Å². The zero-order valence-electron chi connectivity index (χ0n) is 18.5. The molecule has 1 saturated heterocycles. The van der Waals surface area contributed by atoms with Gasteiger partial charge >= 0.3 is 7.60 Å². The molecule has 0 bridgehead atoms. The highest BCUT2D eigenvalue weighted by molar-refractivity contribution is 7.54. The minimum atomic E-state index is -4.44. The topological polar surface area (TPSA) is 195 Å². The molecule has 180 valence electrons. The summed E-state index contributed by atoms with van der Waals surface area (Å²) in [6, 6.07) is 0. The van der Waals surface area contributed by atoms with Crippen LogP contribution in [0.1, 0.15) is 46.8 Å². The van der Waals surface area contributed by atoms with E-state index < -0.39 is 48.6 Å². The molecule has 0 spiro atoms. The summed E-state index contributed by atoms with van der Waals surface area (Å²) in [5, 5.41) is 29.2. The van der Waals surface area contributed by atoms with Crippen molar-refractivity contribution in [3.05, 3.63) is 16.7 Å². The molecule has 6 N–H and O–H groups in total. The van der Waals surface area contributed by atoms with Crippen LogP contribution >= 0.6 is 7.60 Å². The molecule has 2 unspecified atom stereocenters. The Labute approximate surface area is 184 Å². The van der Waals surface area contributed by atoms with Crippen molar-refractivity contribution in [3.8, 4) is 0 Å². The molecule has 0 amide bonds. The Balaban J connectivity index is 1.89. The molecule has 1 aliphatic rings. The van der Waals surface area contributed by atoms with Gasteiger partial charge in [0, 0.05) is 13.5 Å². The van der Waals surface area contributed by atoms with Crippen molar-refractivity contribution in [2.45, 2.75) is 76.0 Å². The molecular formula is C18H30N5O8P. The van der Waals surface area contributed by atoms with Crippen molar-refractivity contribution in [1.82, 2.24) is 19.1 Å². The van der Waals surface area contributed by atoms with Gasteiger partial charge in [-0.3, -0.25) is 18.5 Å². The Morgan fingerprint density at radius 2 is 1.94 bits per heavy atom. The van der Waals surface area contributed by atoms with Gasteiger partial charge in [-0.25, -0.2) is 4.98 Å². The molecule has 3 heterocycles. The van der Waals surface area contributed by atoms with E-state index in [4.69, 9.17) is 15.0 Å². The van der Waals surface area contributed by atoms with Crippen LogP contribution in [0.5, 0.6) is 0 Å². The molecule has 0 radical (unpaired) electrons. The monoisotopic (exact) mass is 475 g/mol. The third-order valence-electron chi connectivity index (χ3n) is 5.87. The van der Waals surface area contributed by atoms with Gasteiger partial charge < -0.3 is 35.2 Å². The van der Waals surface area contributed by atoms with Crippen molar-refractivity contribution in [2.75, 3.05) is 5.73 Å². The minimum Gasteiger partial charge on any atom is -0.388 e. The molecule has 2 aromatic rings. The summed E-state index contributed by atoms with van der Waals surface area (Å²) in [7, 11) is -2.99. The number of aliphatic hydroxyl groups is 3. The van der Waals surface area contributed by atoms with E-state index in [1.807, 2.05) is 0 Å². The average molecular weight is 475 g/mol. The van der Waals surface area contributed by atoms with E-state index in [1.165, 1.54) is 17.9 Å². The number of aliphatic hydroxyl groups excluding tert-OH is 2. The van der Waals surface area contributed by atoms with Crippen LogP contribution in [-0.2, 0) is 20.9 Å². The van der Waals surface area contributed by atoms with Crippen LogP contribution in [0.15, 0.2) is 11.1 Å². The Kier molecular flexibility index (Phi) is 6.33. The lowest BCUT2D eigenvalue weighted by Crippen LogP contribution is -2.39. The van der Waals surface area contributed by atoms with Gasteiger partial charge in [0.1, 0.15) is 12.2 Å². The van der Waals surface area contributed by atoms with Crippen LogP contribution in [0.25, 0.3) is 11.2 Å². The van der Waals surface area contributed by atoms with E-state index in [0.29, 0.717) is 0 Å². The first-order chi connectivity index (χ1) is 14.6. The fraction of sp³-hybridized carbons (Fsp3) is 0.722. The number of hydrogen-bond donors (Lipinski definition) is 5. The lowest BCUT2D eigenvalue weighted by Gasteiger charge is -2.36. The predicted molar refractivity (Wildman–Crippen MR) is 114 cm³/mol. The first kappa shape index (κ1) is 24.8. The Morgan fingerprint density at radius 1 is 1.31 bits per heavy atom. The first-order valence-corrected chi connectivity index (χ1v) is 11.7. The number of nitrogens with two attached hydrogens (primary N) is 1. The van der Waals surface area contributed by atoms with Crippen LogP contribution in [0, 0.1) is 0 Å². The Hall–Kier alpha value is -1.86. The van der Waals surface area contributed by atoms with E-state index in [2.05, 4.69) is 9.97 Å². The SMILES string of the molecule is CCC(C)(C[C@H]1O[C@@H](n2cnc3c(=O)n(C)c(N)nc32)[C@H](O)[C@@H]1O)OP(=O)(O)C(C)(C)O. The van der Waals surface area contributed by atoms with Crippen molar-refractivity contribution in [1.29, 1.82) is 0 Å². The molecule has 0 saturated carbocycles. The lowest BCUT2D eigenvalue weighted by atomic mass is 9.93. The number of aromatic nitrogens is 4. The third-order valence-corrected chi connectivity index (χ3v) is 7.94. The lowest BCUT2D eigenvalue weighted by molar-refractivity contribution is -0.0684. The second-order valence-electron chi connectivity index (χ2n) is 8.82. The fourth-order valence-corrected chi connectivity index (χ4v) is 4.48. The third kappa shape index (κ3) is 4.21. The van der Waals surface area contributed by atoms with Crippen molar-refractivity contribution in [3.63, 3.8) is 0 Å². The molecule has 2 aromatic heterocycles. The number of ether oxygens (including phenoxy) is 1. The van der Waals surface area contributed by atoms with Gasteiger partial charge in [0.2, 0.25) is 5.95 Å². The normalized spacial score (nSPS) is 28.0. The quantitative estimate of drug-likeness (QED) is 0.333. The highest BCUT2D eigenvalue weighted by Crippen LogP contribution is 2.57. The van der Waals surface area contributed by atoms with Crippen LogP contribution in [0.3, 0.4) is 0 Å². The predicted octanol–water partition coefficient (Wildman–Crippen LogP) is -0.179. The smallest absolute Gasteiger partial charge is 0.359 e. The molecule has 3 rings (SSSR count). The first-order valence-electron chi connectivity index (χ1n) is 10.1. The van der Waals surface area contributed by atoms with Gasteiger partial charge in [0.05, 0.1) is 18.0 Å². The molecule has 1 fully saturated rings. The highest BCUT2D eigenvalue weighted by atomic mass is 31.2. The molecule has 0 aliphatic carbocycles. The van der Waals surface area contributed by atoms with E-state index in [0.717, 1.165) is 18.4 Å². The number of hydrogen-bond acceptors (Lipinski definition) is 10. The fourth-order valence-electron chi connectivity index (χ4n) is 3.46. The molecule has 14 heteroatoms. The van der Waals surface area contributed by atoms with Gasteiger partial charge in [-0.15, -0.1) is 0 Å². The van der Waals surface area contributed by atoms with Gasteiger partial charge in [-0.05, 0) is 27.2 Å². The summed E-state index contributed by atoms with van der Waals surface area (Å²) in [5.41, 5.74) is 4.13. The molecule has 32 heavy (non-hydrogen) atoms. The van der Waals surface area contributed by atoms with Crippen LogP contribution in [0.2, 0.25) is 0 Å². The van der Waals surface area contributed by atoms with Crippen LogP contribution < -0.4 is 11.3 Å². The summed E-state index contributed by atoms with van der Waals surface area (Å²) in [6.45, 7) is 5.59. The van der Waals surface area contributed by atoms with Gasteiger partial charge in [-0.1, -0.05) is 6.92 Å². The largest absolute Gasteiger partial charge is 0.388 e. The van der Waals surface area contributed by atoms with E-state index in [9.17, 15) is 29.6 Å². The Bertz CT molecular complexity index is 1110. The number of rotatable bonds is 7. The van der Waals surface area contributed by atoms with Gasteiger partial charge in [0.25, 0.3) is 5.56 Å². The Morgan fingerprint density at radius 3 is 2.50 bits per heavy atom. The van der Waals surface area contributed by atoms with E-state index >= 15 is 0 Å². The van der Waals surface area contributed by atoms with E-state index in [1.54, 1.807) is 13.8 Å². The van der Waals surface area contributed by atoms with E-state index in [-0.39, 0.29) is 30.0 Å². The highest BCUT2D eigenvalue weighted by Gasteiger charge is 2.50. The zero-order valence-corrected chi connectivity index (χ0v) is 19.4. The summed E-state index contributed by atoms with van der Waals surface area (Å²) in [6.07, 6.45) is -3.49. The molecular weight excluding hydrogens is 445 g/mol. The summed E-state index contributed by atoms with van der Waals surface area (Å²) < 4.78 is 26.2. The van der Waals surface area contributed by atoms with Gasteiger partial charge in [0.15, 0.2) is 22.7 Å². The van der Waals surface area contributed by atoms with Crippen molar-refractivity contribution in [2.24, 2.45) is 7.05 Å². The maximum absolute atomic E-state index is 12.5. The standard InChI is InChI=1S/C18H30N5O8P/c1-6-18(4,31-32(28,29)17(2,3)27)7-9-11(24)12(25)15(30-9)23-8-20-10-13(23)21-16(19)22(5)14(10)26/h8-9,11-12,15,24-25,27H,6-7H2,1-5H3,(H2,19,21)(H,28,29)/t9-,11-,12-,15-,18?/m1/s1. The average Bonchev–Trinajstić information content (AvgIpc) is 3.21. The maximum atomic E-state index is 12.5. The van der Waals surface area contributed by atoms with Crippen molar-refractivity contribution >= 4 is 24.7 Å². The summed E-state index contributed by atoms with van der Waals surface area (Å²) in [5.74, 6) is -0.0638. The number of nitrogen functional groups attached to an aromatic ring is 1. The number of nitrogens with zero attached hydrogens (tertiary/aromatic N) is 4. The number of imidazole rings is 1. The second-order valence-corrected chi connectivity index (χ2v) is 11.1. The van der Waals surface area contributed by atoms with Crippen LogP contribution in [0.4, 0.5) is 5.95 Å². The summed E-state index contributed by atoms with van der Waals surface area (Å²) in [4.78, 5) is 30.7. The molecule has 6 atom stereocenters. The number of fused-ring (bicyclic) bond motifs is 1. The summed E-state index contributed by atoms with van der Waals surface area (Å²) >= 11 is 0. The maximum Gasteiger partial charge on any atom is 0.359 e. The molecule has 1 aliphatic heterocycles. The molecule has 0 aromatic carbocycles. The molecule has 13 nitrogen and oxygen atoms in total. The van der Waals surface area contributed by atoms with Gasteiger partial charge in [-0.2, -0.15) is 4.98 Å². The second kappa shape index (κ2) is 8.17. The van der Waals surface area contributed by atoms with Crippen molar-refractivity contribution < 1.29 is 34.0 Å². The minimum absolute atomic E-state index is 0.0172. The number of anilines is 1.